The van der Waals surface area contributed by atoms with Crippen molar-refractivity contribution in [3.63, 3.8) is 0 Å². The molecule has 0 aliphatic carbocycles. The second-order valence-corrected chi connectivity index (χ2v) is 7.49. The Labute approximate surface area is 185 Å². The average molecular weight is 434 g/mol. The predicted octanol–water partition coefficient (Wildman–Crippen LogP) is 4.58. The van der Waals surface area contributed by atoms with Gasteiger partial charge in [0.05, 0.1) is 12.3 Å². The van der Waals surface area contributed by atoms with Crippen LogP contribution in [0.3, 0.4) is 0 Å². The monoisotopic (exact) mass is 434 g/mol. The number of hydrogen-bond donors (Lipinski definition) is 1. The maximum absolute atomic E-state index is 13.1. The number of amides is 2. The van der Waals surface area contributed by atoms with E-state index in [-0.39, 0.29) is 18.4 Å². The third-order valence-electron chi connectivity index (χ3n) is 5.08. The molecule has 0 radical (unpaired) electrons. The molecule has 3 aromatic carbocycles. The summed E-state index contributed by atoms with van der Waals surface area (Å²) in [7, 11) is 0. The predicted molar refractivity (Wildman–Crippen MR) is 120 cm³/mol. The molecule has 1 aliphatic heterocycles. The van der Waals surface area contributed by atoms with E-state index in [1.807, 2.05) is 31.2 Å². The Morgan fingerprint density at radius 1 is 1.09 bits per heavy atom. The van der Waals surface area contributed by atoms with Gasteiger partial charge in [-0.05, 0) is 61.9 Å². The van der Waals surface area contributed by atoms with Gasteiger partial charge in [0.25, 0.3) is 11.8 Å². The number of carbonyl (C=O) groups excluding carboxylic acids is 2. The maximum atomic E-state index is 13.1. The quantitative estimate of drug-likeness (QED) is 0.553. The van der Waals surface area contributed by atoms with Crippen LogP contribution in [0.2, 0.25) is 0 Å². The number of hydrogen-bond acceptors (Lipinski definition) is 4. The first-order valence-electron chi connectivity index (χ1n) is 10.3. The van der Waals surface area contributed by atoms with E-state index in [1.165, 1.54) is 29.8 Å². The number of rotatable bonds is 7. The van der Waals surface area contributed by atoms with Crippen molar-refractivity contribution < 1.29 is 23.5 Å². The highest BCUT2D eigenvalue weighted by Crippen LogP contribution is 2.34. The first kappa shape index (κ1) is 21.4. The van der Waals surface area contributed by atoms with E-state index in [4.69, 9.17) is 9.47 Å². The van der Waals surface area contributed by atoms with Crippen molar-refractivity contribution in [1.82, 2.24) is 0 Å². The average Bonchev–Trinajstić information content (AvgIpc) is 2.79. The zero-order valence-corrected chi connectivity index (χ0v) is 17.6. The van der Waals surface area contributed by atoms with Crippen molar-refractivity contribution in [1.29, 1.82) is 0 Å². The van der Waals surface area contributed by atoms with E-state index in [1.54, 1.807) is 23.1 Å². The molecule has 1 heterocycles. The van der Waals surface area contributed by atoms with Crippen LogP contribution in [-0.4, -0.2) is 31.6 Å². The number of halogens is 1. The molecule has 0 unspecified atom stereocenters. The largest absolute Gasteiger partial charge is 0.494 e. The summed E-state index contributed by atoms with van der Waals surface area (Å²) < 4.78 is 24.4. The maximum Gasteiger partial charge on any atom is 0.265 e. The second kappa shape index (κ2) is 9.51. The minimum Gasteiger partial charge on any atom is -0.494 e. The highest BCUT2D eigenvalue weighted by atomic mass is 19.1. The highest BCUT2D eigenvalue weighted by molar-refractivity contribution is 6.05. The van der Waals surface area contributed by atoms with Gasteiger partial charge in [0.15, 0.2) is 6.61 Å². The van der Waals surface area contributed by atoms with Gasteiger partial charge in [-0.2, -0.15) is 0 Å². The van der Waals surface area contributed by atoms with Gasteiger partial charge in [0.1, 0.15) is 17.3 Å². The Morgan fingerprint density at radius 2 is 1.84 bits per heavy atom. The Bertz CT molecular complexity index is 1110. The molecule has 1 N–H and O–H groups in total. The molecule has 0 saturated carbocycles. The van der Waals surface area contributed by atoms with Crippen LogP contribution in [-0.2, 0) is 4.79 Å². The third-order valence-corrected chi connectivity index (χ3v) is 5.08. The van der Waals surface area contributed by atoms with E-state index in [0.29, 0.717) is 42.3 Å². The molecule has 3 aromatic rings. The van der Waals surface area contributed by atoms with Crippen molar-refractivity contribution in [2.75, 3.05) is 30.0 Å². The number of anilines is 2. The van der Waals surface area contributed by atoms with E-state index in [2.05, 4.69) is 5.32 Å². The highest BCUT2D eigenvalue weighted by Gasteiger charge is 2.25. The minimum atomic E-state index is -0.405. The van der Waals surface area contributed by atoms with Gasteiger partial charge in [-0.25, -0.2) is 4.39 Å². The molecular formula is C25H23FN2O4. The van der Waals surface area contributed by atoms with Crippen LogP contribution in [0.5, 0.6) is 11.5 Å². The molecule has 0 atom stereocenters. The lowest BCUT2D eigenvalue weighted by Gasteiger charge is -2.29. The molecule has 1 aliphatic rings. The Morgan fingerprint density at radius 3 is 2.59 bits per heavy atom. The lowest BCUT2D eigenvalue weighted by Crippen LogP contribution is -2.39. The first-order chi connectivity index (χ1) is 15.5. The number of fused-ring (bicyclic) bond motifs is 1. The summed E-state index contributed by atoms with van der Waals surface area (Å²) in [5, 5.41) is 2.76. The number of ether oxygens (including phenoxy) is 2. The minimum absolute atomic E-state index is 0.0683. The van der Waals surface area contributed by atoms with Crippen LogP contribution in [0, 0.1) is 12.7 Å². The van der Waals surface area contributed by atoms with Crippen molar-refractivity contribution in [3.8, 4) is 11.5 Å². The molecule has 0 aromatic heterocycles. The number of nitrogens with one attached hydrogen (secondary N) is 1. The fraction of sp³-hybridized carbons (Fsp3) is 0.200. The molecular weight excluding hydrogens is 411 g/mol. The second-order valence-electron chi connectivity index (χ2n) is 7.49. The SMILES string of the molecule is Cc1ccc(OCCCN2C(=O)COc3cc(NC(=O)c4ccc(F)cc4)ccc32)cc1. The summed E-state index contributed by atoms with van der Waals surface area (Å²) in [6.45, 7) is 2.92. The van der Waals surface area contributed by atoms with E-state index >= 15 is 0 Å². The number of carbonyl (C=O) groups is 2. The van der Waals surface area contributed by atoms with Gasteiger partial charge in [0.2, 0.25) is 0 Å². The molecule has 2 amide bonds. The van der Waals surface area contributed by atoms with Crippen molar-refractivity contribution in [2.24, 2.45) is 0 Å². The van der Waals surface area contributed by atoms with Crippen LogP contribution in [0.25, 0.3) is 0 Å². The third kappa shape index (κ3) is 5.06. The fourth-order valence-corrected chi connectivity index (χ4v) is 3.38. The molecule has 0 spiro atoms. The van der Waals surface area contributed by atoms with Gasteiger partial charge in [-0.1, -0.05) is 17.7 Å². The Kier molecular flexibility index (Phi) is 6.35. The van der Waals surface area contributed by atoms with Gasteiger partial charge < -0.3 is 19.7 Å². The lowest BCUT2D eigenvalue weighted by molar-refractivity contribution is -0.121. The molecule has 32 heavy (non-hydrogen) atoms. The number of benzene rings is 3. The number of nitrogens with zero attached hydrogens (tertiary/aromatic N) is 1. The van der Waals surface area contributed by atoms with Crippen LogP contribution in [0.4, 0.5) is 15.8 Å². The molecule has 0 fully saturated rings. The Hall–Kier alpha value is -3.87. The summed E-state index contributed by atoms with van der Waals surface area (Å²) in [4.78, 5) is 26.4. The summed E-state index contributed by atoms with van der Waals surface area (Å²) in [6.07, 6.45) is 0.655. The van der Waals surface area contributed by atoms with Crippen molar-refractivity contribution >= 4 is 23.2 Å². The lowest BCUT2D eigenvalue weighted by atomic mass is 10.1. The van der Waals surface area contributed by atoms with E-state index in [9.17, 15) is 14.0 Å². The normalized spacial score (nSPS) is 12.7. The van der Waals surface area contributed by atoms with Gasteiger partial charge >= 0.3 is 0 Å². The smallest absolute Gasteiger partial charge is 0.265 e. The zero-order valence-electron chi connectivity index (χ0n) is 17.6. The topological polar surface area (TPSA) is 67.9 Å². The van der Waals surface area contributed by atoms with Crippen LogP contribution < -0.4 is 19.7 Å². The molecule has 0 bridgehead atoms. The summed E-state index contributed by atoms with van der Waals surface area (Å²) >= 11 is 0. The molecule has 6 nitrogen and oxygen atoms in total. The molecule has 164 valence electrons. The first-order valence-corrected chi connectivity index (χ1v) is 10.3. The molecule has 4 rings (SSSR count). The van der Waals surface area contributed by atoms with Crippen molar-refractivity contribution in [2.45, 2.75) is 13.3 Å². The van der Waals surface area contributed by atoms with Crippen LogP contribution >= 0.6 is 0 Å². The summed E-state index contributed by atoms with van der Waals surface area (Å²) in [6, 6.07) is 18.3. The van der Waals surface area contributed by atoms with E-state index in [0.717, 1.165) is 5.75 Å². The van der Waals surface area contributed by atoms with Gasteiger partial charge in [-0.3, -0.25) is 9.59 Å². The summed E-state index contributed by atoms with van der Waals surface area (Å²) in [5.74, 6) is 0.419. The van der Waals surface area contributed by atoms with Crippen molar-refractivity contribution in [3.05, 3.63) is 83.7 Å². The fourth-order valence-electron chi connectivity index (χ4n) is 3.38. The molecule has 7 heteroatoms. The van der Waals surface area contributed by atoms with Crippen LogP contribution in [0.1, 0.15) is 22.3 Å². The zero-order chi connectivity index (χ0) is 22.5. The molecule has 0 saturated heterocycles. The van der Waals surface area contributed by atoms with Gasteiger partial charge in [0, 0.05) is 23.9 Å². The number of aryl methyl sites for hydroxylation is 1. The van der Waals surface area contributed by atoms with E-state index < -0.39 is 5.82 Å². The standard InChI is InChI=1S/C25H23FN2O4/c1-17-3-10-21(11-4-17)31-14-2-13-28-22-12-9-20(15-23(22)32-16-24(28)29)27-25(30)18-5-7-19(26)8-6-18/h3-12,15H,2,13-14,16H2,1H3,(H,27,30). The van der Waals surface area contributed by atoms with Gasteiger partial charge in [-0.15, -0.1) is 0 Å². The van der Waals surface area contributed by atoms with Crippen LogP contribution in [0.15, 0.2) is 66.7 Å². The Balaban J connectivity index is 1.38. The summed E-state index contributed by atoms with van der Waals surface area (Å²) in [5.41, 5.74) is 2.68.